The van der Waals surface area contributed by atoms with Gasteiger partial charge in [-0.15, -0.1) is 0 Å². The van der Waals surface area contributed by atoms with Gasteiger partial charge in [-0.1, -0.05) is 38.3 Å². The number of rotatable bonds is 6. The Morgan fingerprint density at radius 2 is 1.89 bits per heavy atom. The first-order chi connectivity index (χ1) is 9.29. The molecule has 0 spiro atoms. The monoisotopic (exact) mass is 261 g/mol. The van der Waals surface area contributed by atoms with E-state index in [1.807, 2.05) is 6.92 Å². The Kier molecular flexibility index (Phi) is 5.71. The molecule has 0 saturated heterocycles. The van der Waals surface area contributed by atoms with Crippen molar-refractivity contribution in [1.29, 1.82) is 0 Å². The van der Waals surface area contributed by atoms with Crippen LogP contribution in [0.5, 0.6) is 5.75 Å². The second-order valence-electron chi connectivity index (χ2n) is 5.73. The van der Waals surface area contributed by atoms with E-state index in [0.717, 1.165) is 37.3 Å². The molecular weight excluding hydrogens is 234 g/mol. The minimum Gasteiger partial charge on any atom is -0.494 e. The lowest BCUT2D eigenvalue weighted by Gasteiger charge is -2.28. The van der Waals surface area contributed by atoms with Crippen molar-refractivity contribution in [1.82, 2.24) is 5.32 Å². The summed E-state index contributed by atoms with van der Waals surface area (Å²) >= 11 is 0. The van der Waals surface area contributed by atoms with E-state index in [4.69, 9.17) is 4.74 Å². The van der Waals surface area contributed by atoms with Crippen LogP contribution in [0.25, 0.3) is 0 Å². The first-order valence-electron chi connectivity index (χ1n) is 7.72. The largest absolute Gasteiger partial charge is 0.494 e. The van der Waals surface area contributed by atoms with Gasteiger partial charge in [-0.05, 0) is 49.4 Å². The highest BCUT2D eigenvalue weighted by Crippen LogP contribution is 2.28. The van der Waals surface area contributed by atoms with Crippen molar-refractivity contribution >= 4 is 0 Å². The van der Waals surface area contributed by atoms with Crippen LogP contribution in [0.4, 0.5) is 0 Å². The molecule has 2 nitrogen and oxygen atoms in total. The Morgan fingerprint density at radius 3 is 2.58 bits per heavy atom. The van der Waals surface area contributed by atoms with E-state index in [2.05, 4.69) is 36.5 Å². The summed E-state index contributed by atoms with van der Waals surface area (Å²) in [6, 6.07) is 8.43. The molecule has 0 amide bonds. The van der Waals surface area contributed by atoms with Gasteiger partial charge >= 0.3 is 0 Å². The lowest BCUT2D eigenvalue weighted by Crippen LogP contribution is -2.29. The fraction of sp³-hybridized carbons (Fsp3) is 0.647. The average Bonchev–Trinajstić information content (AvgIpc) is 2.43. The van der Waals surface area contributed by atoms with E-state index in [1.165, 1.54) is 31.2 Å². The minimum atomic E-state index is 0.733. The maximum absolute atomic E-state index is 5.45. The SMILES string of the molecule is CCOc1ccc(CNCC2CCCCC2C)cc1. The van der Waals surface area contributed by atoms with Crippen LogP contribution in [0.1, 0.15) is 45.1 Å². The molecule has 2 heteroatoms. The molecule has 1 N–H and O–H groups in total. The van der Waals surface area contributed by atoms with Crippen molar-refractivity contribution < 1.29 is 4.74 Å². The van der Waals surface area contributed by atoms with Gasteiger partial charge in [-0.3, -0.25) is 0 Å². The van der Waals surface area contributed by atoms with Gasteiger partial charge < -0.3 is 10.1 Å². The summed E-state index contributed by atoms with van der Waals surface area (Å²) in [6.45, 7) is 7.28. The zero-order chi connectivity index (χ0) is 13.5. The molecule has 0 aromatic heterocycles. The molecule has 1 saturated carbocycles. The molecule has 1 fully saturated rings. The second-order valence-corrected chi connectivity index (χ2v) is 5.73. The summed E-state index contributed by atoms with van der Waals surface area (Å²) < 4.78 is 5.45. The summed E-state index contributed by atoms with van der Waals surface area (Å²) in [6.07, 6.45) is 5.66. The van der Waals surface area contributed by atoms with E-state index in [0.29, 0.717) is 0 Å². The van der Waals surface area contributed by atoms with Crippen LogP contribution >= 0.6 is 0 Å². The molecule has 0 heterocycles. The highest BCUT2D eigenvalue weighted by molar-refractivity contribution is 5.27. The maximum Gasteiger partial charge on any atom is 0.119 e. The second kappa shape index (κ2) is 7.54. The van der Waals surface area contributed by atoms with Crippen LogP contribution in [0.15, 0.2) is 24.3 Å². The van der Waals surface area contributed by atoms with E-state index in [-0.39, 0.29) is 0 Å². The molecule has 2 atom stereocenters. The van der Waals surface area contributed by atoms with Gasteiger partial charge in [-0.25, -0.2) is 0 Å². The summed E-state index contributed by atoms with van der Waals surface area (Å²) in [4.78, 5) is 0. The molecule has 0 radical (unpaired) electrons. The minimum absolute atomic E-state index is 0.733. The van der Waals surface area contributed by atoms with E-state index < -0.39 is 0 Å². The highest BCUT2D eigenvalue weighted by atomic mass is 16.5. The van der Waals surface area contributed by atoms with Crippen molar-refractivity contribution in [2.45, 2.75) is 46.1 Å². The van der Waals surface area contributed by atoms with Crippen molar-refractivity contribution in [3.8, 4) is 5.75 Å². The van der Waals surface area contributed by atoms with E-state index in [9.17, 15) is 0 Å². The number of hydrogen-bond acceptors (Lipinski definition) is 2. The fourth-order valence-electron chi connectivity index (χ4n) is 2.97. The van der Waals surface area contributed by atoms with Gasteiger partial charge in [-0.2, -0.15) is 0 Å². The van der Waals surface area contributed by atoms with Crippen LogP contribution < -0.4 is 10.1 Å². The predicted octanol–water partition coefficient (Wildman–Crippen LogP) is 4.00. The van der Waals surface area contributed by atoms with Gasteiger partial charge in [0, 0.05) is 6.54 Å². The Balaban J connectivity index is 1.72. The summed E-state index contributed by atoms with van der Waals surface area (Å²) in [5.41, 5.74) is 1.34. The first kappa shape index (κ1) is 14.4. The van der Waals surface area contributed by atoms with Crippen molar-refractivity contribution in [3.63, 3.8) is 0 Å². The first-order valence-corrected chi connectivity index (χ1v) is 7.72. The molecule has 0 aliphatic heterocycles. The van der Waals surface area contributed by atoms with Crippen LogP contribution in [-0.4, -0.2) is 13.2 Å². The van der Waals surface area contributed by atoms with Gasteiger partial charge in [0.15, 0.2) is 0 Å². The van der Waals surface area contributed by atoms with Crippen LogP contribution in [0.3, 0.4) is 0 Å². The quantitative estimate of drug-likeness (QED) is 0.835. The number of ether oxygens (including phenoxy) is 1. The maximum atomic E-state index is 5.45. The molecular formula is C17H27NO. The molecule has 2 unspecified atom stereocenters. The van der Waals surface area contributed by atoms with Gasteiger partial charge in [0.1, 0.15) is 5.75 Å². The predicted molar refractivity (Wildman–Crippen MR) is 80.4 cm³/mol. The van der Waals surface area contributed by atoms with Crippen LogP contribution in [0, 0.1) is 11.8 Å². The Bertz CT molecular complexity index is 360. The van der Waals surface area contributed by atoms with Gasteiger partial charge in [0.2, 0.25) is 0 Å². The third-order valence-electron chi connectivity index (χ3n) is 4.26. The van der Waals surface area contributed by atoms with E-state index in [1.54, 1.807) is 0 Å². The lowest BCUT2D eigenvalue weighted by molar-refractivity contribution is 0.247. The average molecular weight is 261 g/mol. The van der Waals surface area contributed by atoms with Crippen molar-refractivity contribution in [3.05, 3.63) is 29.8 Å². The van der Waals surface area contributed by atoms with Gasteiger partial charge in [0.25, 0.3) is 0 Å². The zero-order valence-electron chi connectivity index (χ0n) is 12.3. The molecule has 0 bridgehead atoms. The van der Waals surface area contributed by atoms with Crippen LogP contribution in [-0.2, 0) is 6.54 Å². The Morgan fingerprint density at radius 1 is 1.16 bits per heavy atom. The molecule has 2 rings (SSSR count). The van der Waals surface area contributed by atoms with Crippen molar-refractivity contribution in [2.24, 2.45) is 11.8 Å². The molecule has 1 aliphatic carbocycles. The summed E-state index contributed by atoms with van der Waals surface area (Å²) in [7, 11) is 0. The molecule has 1 aliphatic rings. The topological polar surface area (TPSA) is 21.3 Å². The number of hydrogen-bond donors (Lipinski definition) is 1. The molecule has 1 aromatic rings. The Labute approximate surface area is 117 Å². The molecule has 1 aromatic carbocycles. The standard InChI is InChI=1S/C17H27NO/c1-3-19-17-10-8-15(9-11-17)12-18-13-16-7-5-4-6-14(16)2/h8-11,14,16,18H,3-7,12-13H2,1-2H3. The van der Waals surface area contributed by atoms with E-state index >= 15 is 0 Å². The number of benzene rings is 1. The molecule has 106 valence electrons. The zero-order valence-corrected chi connectivity index (χ0v) is 12.3. The van der Waals surface area contributed by atoms with Gasteiger partial charge in [0.05, 0.1) is 6.61 Å². The normalized spacial score (nSPS) is 23.3. The Hall–Kier alpha value is -1.02. The third kappa shape index (κ3) is 4.54. The summed E-state index contributed by atoms with van der Waals surface area (Å²) in [5.74, 6) is 2.73. The lowest BCUT2D eigenvalue weighted by atomic mass is 9.80. The van der Waals surface area contributed by atoms with Crippen molar-refractivity contribution in [2.75, 3.05) is 13.2 Å². The highest BCUT2D eigenvalue weighted by Gasteiger charge is 2.20. The third-order valence-corrected chi connectivity index (χ3v) is 4.26. The smallest absolute Gasteiger partial charge is 0.119 e. The summed E-state index contributed by atoms with van der Waals surface area (Å²) in [5, 5.41) is 3.61. The fourth-order valence-corrected chi connectivity index (χ4v) is 2.97. The van der Waals surface area contributed by atoms with Crippen LogP contribution in [0.2, 0.25) is 0 Å². The number of nitrogens with one attached hydrogen (secondary N) is 1. The molecule has 19 heavy (non-hydrogen) atoms.